The second-order valence-electron chi connectivity index (χ2n) is 6.56. The van der Waals surface area contributed by atoms with Crippen molar-refractivity contribution in [2.45, 2.75) is 46.3 Å². The SMILES string of the molecule is CC(C)(C)C(=N[S+]([O-])C(C)(C)C)c1ccc(F)cc1. The normalized spacial score (nSPS) is 15.5. The Hall–Kier alpha value is -0.870. The van der Waals surface area contributed by atoms with E-state index in [1.807, 2.05) is 41.5 Å². The summed E-state index contributed by atoms with van der Waals surface area (Å²) in [5.41, 5.74) is 1.30. The molecule has 0 bridgehead atoms. The lowest BCUT2D eigenvalue weighted by atomic mass is 9.86. The van der Waals surface area contributed by atoms with Crippen LogP contribution in [0.1, 0.15) is 47.1 Å². The first kappa shape index (κ1) is 16.2. The van der Waals surface area contributed by atoms with Gasteiger partial charge in [-0.05, 0) is 32.9 Å². The van der Waals surface area contributed by atoms with E-state index >= 15 is 0 Å². The van der Waals surface area contributed by atoms with Crippen LogP contribution >= 0.6 is 0 Å². The molecule has 1 aromatic carbocycles. The van der Waals surface area contributed by atoms with Crippen LogP contribution in [-0.4, -0.2) is 15.0 Å². The summed E-state index contributed by atoms with van der Waals surface area (Å²) in [5.74, 6) is -0.283. The standard InChI is InChI=1S/C15H22FNOS/c1-14(2,3)13(17-19(18)15(4,5)6)11-7-9-12(16)10-8-11/h7-10H,1-6H3. The topological polar surface area (TPSA) is 35.4 Å². The quantitative estimate of drug-likeness (QED) is 0.594. The Morgan fingerprint density at radius 3 is 1.89 bits per heavy atom. The molecule has 1 atom stereocenters. The third-order valence-corrected chi connectivity index (χ3v) is 3.92. The van der Waals surface area contributed by atoms with Crippen LogP contribution in [0.3, 0.4) is 0 Å². The predicted octanol–water partition coefficient (Wildman–Crippen LogP) is 4.12. The van der Waals surface area contributed by atoms with Crippen LogP contribution in [0, 0.1) is 11.2 Å². The van der Waals surface area contributed by atoms with E-state index in [4.69, 9.17) is 0 Å². The number of nitrogens with zero attached hydrogens (tertiary/aromatic N) is 1. The highest BCUT2D eigenvalue weighted by Crippen LogP contribution is 2.26. The molecule has 1 unspecified atom stereocenters. The largest absolute Gasteiger partial charge is 0.591 e. The van der Waals surface area contributed by atoms with Crippen molar-refractivity contribution < 1.29 is 8.94 Å². The molecule has 4 heteroatoms. The van der Waals surface area contributed by atoms with Gasteiger partial charge < -0.3 is 4.55 Å². The highest BCUT2D eigenvalue weighted by atomic mass is 32.2. The van der Waals surface area contributed by atoms with Crippen LogP contribution in [0.25, 0.3) is 0 Å². The molecule has 1 aromatic rings. The number of hydrogen-bond acceptors (Lipinski definition) is 2. The first-order valence-corrected chi connectivity index (χ1v) is 7.39. The molecule has 2 nitrogen and oxygen atoms in total. The predicted molar refractivity (Wildman–Crippen MR) is 80.3 cm³/mol. The molecule has 0 spiro atoms. The average Bonchev–Trinajstić information content (AvgIpc) is 2.24. The van der Waals surface area contributed by atoms with Gasteiger partial charge >= 0.3 is 0 Å². The maximum absolute atomic E-state index is 13.0. The van der Waals surface area contributed by atoms with E-state index in [1.165, 1.54) is 12.1 Å². The number of benzene rings is 1. The second-order valence-corrected chi connectivity index (χ2v) is 8.46. The second kappa shape index (κ2) is 5.63. The summed E-state index contributed by atoms with van der Waals surface area (Å²) >= 11 is -1.33. The van der Waals surface area contributed by atoms with Gasteiger partial charge in [0.1, 0.15) is 27.6 Å². The van der Waals surface area contributed by atoms with E-state index in [0.29, 0.717) is 0 Å². The van der Waals surface area contributed by atoms with Crippen LogP contribution in [0.5, 0.6) is 0 Å². The van der Waals surface area contributed by atoms with Crippen molar-refractivity contribution in [3.8, 4) is 0 Å². The van der Waals surface area contributed by atoms with Crippen molar-refractivity contribution in [1.29, 1.82) is 0 Å². The molecule has 0 heterocycles. The molecule has 19 heavy (non-hydrogen) atoms. The first-order valence-electron chi connectivity index (χ1n) is 6.29. The number of rotatable bonds is 2. The molecule has 0 aromatic heterocycles. The zero-order valence-electron chi connectivity index (χ0n) is 12.5. The molecule has 0 saturated carbocycles. The van der Waals surface area contributed by atoms with Crippen molar-refractivity contribution in [3.05, 3.63) is 35.6 Å². The Kier molecular flexibility index (Phi) is 4.80. The summed E-state index contributed by atoms with van der Waals surface area (Å²) in [6, 6.07) is 6.16. The molecule has 1 rings (SSSR count). The van der Waals surface area contributed by atoms with Gasteiger partial charge in [-0.2, -0.15) is 0 Å². The lowest BCUT2D eigenvalue weighted by Gasteiger charge is -2.24. The van der Waals surface area contributed by atoms with Gasteiger partial charge in [0.25, 0.3) is 0 Å². The molecule has 0 radical (unpaired) electrons. The third-order valence-electron chi connectivity index (χ3n) is 2.53. The fourth-order valence-corrected chi connectivity index (χ4v) is 2.27. The molecular weight excluding hydrogens is 261 g/mol. The first-order chi connectivity index (χ1) is 8.51. The number of hydrogen-bond donors (Lipinski definition) is 0. The minimum Gasteiger partial charge on any atom is -0.591 e. The minimum atomic E-state index is -1.33. The summed E-state index contributed by atoms with van der Waals surface area (Å²) in [6.45, 7) is 11.7. The van der Waals surface area contributed by atoms with Gasteiger partial charge in [-0.1, -0.05) is 37.3 Å². The fraction of sp³-hybridized carbons (Fsp3) is 0.533. The van der Waals surface area contributed by atoms with Gasteiger partial charge in [-0.15, -0.1) is 0 Å². The molecule has 0 saturated heterocycles. The molecular formula is C15H22FNOS. The smallest absolute Gasteiger partial charge is 0.144 e. The van der Waals surface area contributed by atoms with Gasteiger partial charge in [0, 0.05) is 11.0 Å². The Morgan fingerprint density at radius 2 is 1.53 bits per heavy atom. The molecule has 0 aliphatic carbocycles. The average molecular weight is 283 g/mol. The molecule has 0 fully saturated rings. The van der Waals surface area contributed by atoms with E-state index in [9.17, 15) is 8.94 Å². The van der Waals surface area contributed by atoms with Crippen molar-refractivity contribution in [2.75, 3.05) is 0 Å². The summed E-state index contributed by atoms with van der Waals surface area (Å²) in [5, 5.41) is 0. The Balaban J connectivity index is 3.24. The highest BCUT2D eigenvalue weighted by Gasteiger charge is 2.30. The van der Waals surface area contributed by atoms with E-state index < -0.39 is 16.1 Å². The van der Waals surface area contributed by atoms with Crippen LogP contribution in [0.2, 0.25) is 0 Å². The summed E-state index contributed by atoms with van der Waals surface area (Å²) in [7, 11) is 0. The van der Waals surface area contributed by atoms with Crippen molar-refractivity contribution >= 4 is 17.1 Å². The zero-order chi connectivity index (χ0) is 14.8. The Labute approximate surface area is 118 Å². The van der Waals surface area contributed by atoms with Crippen LogP contribution in [-0.2, 0) is 11.4 Å². The molecule has 0 aliphatic rings. The summed E-state index contributed by atoms with van der Waals surface area (Å²) < 4.78 is 29.2. The highest BCUT2D eigenvalue weighted by molar-refractivity contribution is 7.91. The molecule has 0 N–H and O–H groups in total. The van der Waals surface area contributed by atoms with Crippen LogP contribution < -0.4 is 0 Å². The maximum Gasteiger partial charge on any atom is 0.144 e. The monoisotopic (exact) mass is 283 g/mol. The molecule has 106 valence electrons. The van der Waals surface area contributed by atoms with Gasteiger partial charge in [-0.25, -0.2) is 4.39 Å². The molecule has 0 aliphatic heterocycles. The lowest BCUT2D eigenvalue weighted by molar-refractivity contribution is 0.556. The lowest BCUT2D eigenvalue weighted by Crippen LogP contribution is -2.30. The minimum absolute atomic E-state index is 0.251. The van der Waals surface area contributed by atoms with Gasteiger partial charge in [0.05, 0.1) is 0 Å². The Bertz CT molecular complexity index is 455. The third kappa shape index (κ3) is 4.62. The van der Waals surface area contributed by atoms with Crippen LogP contribution in [0.15, 0.2) is 28.7 Å². The molecule has 0 amide bonds. The Morgan fingerprint density at radius 1 is 1.05 bits per heavy atom. The van der Waals surface area contributed by atoms with E-state index in [1.54, 1.807) is 12.1 Å². The fourth-order valence-electron chi connectivity index (χ4n) is 1.45. The number of halogens is 1. The van der Waals surface area contributed by atoms with Crippen LogP contribution in [0.4, 0.5) is 4.39 Å². The zero-order valence-corrected chi connectivity index (χ0v) is 13.3. The summed E-state index contributed by atoms with van der Waals surface area (Å²) in [6.07, 6.45) is 0. The summed E-state index contributed by atoms with van der Waals surface area (Å²) in [4.78, 5) is 0. The van der Waals surface area contributed by atoms with Crippen molar-refractivity contribution in [3.63, 3.8) is 0 Å². The van der Waals surface area contributed by atoms with Gasteiger partial charge in [-0.3, -0.25) is 0 Å². The van der Waals surface area contributed by atoms with Crippen molar-refractivity contribution in [2.24, 2.45) is 9.81 Å². The van der Waals surface area contributed by atoms with E-state index in [-0.39, 0.29) is 11.2 Å². The maximum atomic E-state index is 13.0. The van der Waals surface area contributed by atoms with Crippen molar-refractivity contribution in [1.82, 2.24) is 0 Å². The van der Waals surface area contributed by atoms with E-state index in [0.717, 1.165) is 11.3 Å². The van der Waals surface area contributed by atoms with Gasteiger partial charge in [0.15, 0.2) is 0 Å². The van der Waals surface area contributed by atoms with Gasteiger partial charge in [0.2, 0.25) is 0 Å². The van der Waals surface area contributed by atoms with E-state index in [2.05, 4.69) is 4.40 Å².